The van der Waals surface area contributed by atoms with Gasteiger partial charge >= 0.3 is 0 Å². The largest absolute Gasteiger partial charge is 0.497 e. The SMILES string of the molecule is COc1ccc(N(C)c2c(C)c(C)c(-c3nc(-c4c(C)cc(C)cc4C)nc(-c4c(C)c(C)c(N(C)c5ccc(OC)cc5)c(C)c4C)n3)c(C)c2C)cc1. The molecule has 0 atom stereocenters. The minimum atomic E-state index is 0.688. The first-order valence-electron chi connectivity index (χ1n) is 18.9. The molecule has 0 spiro atoms. The highest BCUT2D eigenvalue weighted by atomic mass is 16.5. The van der Waals surface area contributed by atoms with Crippen LogP contribution in [0.15, 0.2) is 60.7 Å². The third-order valence-electron chi connectivity index (χ3n) is 11.7. The summed E-state index contributed by atoms with van der Waals surface area (Å²) in [5.74, 6) is 3.74. The molecule has 0 amide bonds. The van der Waals surface area contributed by atoms with Crippen molar-refractivity contribution in [1.82, 2.24) is 15.0 Å². The molecular weight excluding hydrogens is 679 g/mol. The van der Waals surface area contributed by atoms with Gasteiger partial charge in [-0.05, 0) is 180 Å². The molecule has 0 aliphatic heterocycles. The fourth-order valence-electron chi connectivity index (χ4n) is 8.38. The van der Waals surface area contributed by atoms with Crippen molar-refractivity contribution in [2.75, 3.05) is 38.1 Å². The van der Waals surface area contributed by atoms with Gasteiger partial charge in [-0.1, -0.05) is 17.7 Å². The number of methoxy groups -OCH3 is 2. The number of nitrogens with zero attached hydrogens (tertiary/aromatic N) is 5. The van der Waals surface area contributed by atoms with E-state index in [2.05, 4.69) is 136 Å². The molecule has 0 radical (unpaired) electrons. The quantitative estimate of drug-likeness (QED) is 0.147. The van der Waals surface area contributed by atoms with Gasteiger partial charge in [-0.3, -0.25) is 0 Å². The molecule has 6 aromatic rings. The Hall–Kier alpha value is -5.69. The topological polar surface area (TPSA) is 63.6 Å². The molecule has 284 valence electrons. The van der Waals surface area contributed by atoms with Gasteiger partial charge < -0.3 is 19.3 Å². The van der Waals surface area contributed by atoms with Crippen molar-refractivity contribution < 1.29 is 9.47 Å². The molecule has 55 heavy (non-hydrogen) atoms. The zero-order valence-electron chi connectivity index (χ0n) is 35.3. The molecular formula is C48H55N5O2. The molecule has 7 heteroatoms. The third kappa shape index (κ3) is 6.93. The minimum absolute atomic E-state index is 0.688. The lowest BCUT2D eigenvalue weighted by Gasteiger charge is -2.29. The number of rotatable bonds is 9. The van der Waals surface area contributed by atoms with Crippen molar-refractivity contribution in [2.45, 2.75) is 76.2 Å². The molecule has 6 rings (SSSR count). The van der Waals surface area contributed by atoms with Gasteiger partial charge in [0.15, 0.2) is 17.5 Å². The molecule has 0 bridgehead atoms. The van der Waals surface area contributed by atoms with Crippen LogP contribution >= 0.6 is 0 Å². The van der Waals surface area contributed by atoms with Crippen molar-refractivity contribution in [3.8, 4) is 45.7 Å². The van der Waals surface area contributed by atoms with Crippen LogP contribution in [0.25, 0.3) is 34.2 Å². The van der Waals surface area contributed by atoms with Gasteiger partial charge in [0, 0.05) is 53.5 Å². The van der Waals surface area contributed by atoms with Crippen molar-refractivity contribution in [1.29, 1.82) is 0 Å². The highest BCUT2D eigenvalue weighted by molar-refractivity contribution is 5.84. The molecule has 0 saturated heterocycles. The first-order valence-corrected chi connectivity index (χ1v) is 18.9. The summed E-state index contributed by atoms with van der Waals surface area (Å²) >= 11 is 0. The van der Waals surface area contributed by atoms with Crippen LogP contribution in [0.1, 0.15) is 61.2 Å². The van der Waals surface area contributed by atoms with Crippen LogP contribution in [0.2, 0.25) is 0 Å². The van der Waals surface area contributed by atoms with Gasteiger partial charge in [0.05, 0.1) is 14.2 Å². The maximum atomic E-state index is 5.43. The number of aryl methyl sites for hydroxylation is 3. The summed E-state index contributed by atoms with van der Waals surface area (Å²) in [6.45, 7) is 24.1. The van der Waals surface area contributed by atoms with Crippen LogP contribution in [0.3, 0.4) is 0 Å². The van der Waals surface area contributed by atoms with Gasteiger partial charge in [0.1, 0.15) is 11.5 Å². The smallest absolute Gasteiger partial charge is 0.164 e. The van der Waals surface area contributed by atoms with E-state index < -0.39 is 0 Å². The van der Waals surface area contributed by atoms with Gasteiger partial charge in [0.25, 0.3) is 0 Å². The predicted octanol–water partition coefficient (Wildman–Crippen LogP) is 11.8. The lowest BCUT2D eigenvalue weighted by Crippen LogP contribution is -2.16. The van der Waals surface area contributed by atoms with E-state index in [1.165, 1.54) is 39.2 Å². The second-order valence-electron chi connectivity index (χ2n) is 15.0. The first-order chi connectivity index (χ1) is 26.1. The second-order valence-corrected chi connectivity index (χ2v) is 15.0. The van der Waals surface area contributed by atoms with Crippen molar-refractivity contribution in [2.24, 2.45) is 0 Å². The van der Waals surface area contributed by atoms with Gasteiger partial charge in [0.2, 0.25) is 0 Å². The number of hydrogen-bond donors (Lipinski definition) is 0. The standard InChI is InChI=1S/C48H55N5O2/c1-26-24-27(2)41(28(3)25-26)46-49-47(42-29(4)33(8)44(34(9)30(42)5)52(12)37-16-20-39(54-14)21-17-37)51-48(50-46)43-31(6)35(10)45(36(11)32(43)7)53(13)38-18-22-40(55-15)23-19-38/h16-25H,1-15H3. The Bertz CT molecular complexity index is 2210. The average Bonchev–Trinajstić information content (AvgIpc) is 3.16. The predicted molar refractivity (Wildman–Crippen MR) is 230 cm³/mol. The lowest BCUT2D eigenvalue weighted by molar-refractivity contribution is 0.414. The van der Waals surface area contributed by atoms with Crippen LogP contribution in [-0.4, -0.2) is 43.3 Å². The fraction of sp³-hybridized carbons (Fsp3) is 0.312. The van der Waals surface area contributed by atoms with E-state index in [-0.39, 0.29) is 0 Å². The Morgan fingerprint density at radius 1 is 0.400 bits per heavy atom. The molecule has 0 N–H and O–H groups in total. The number of hydrogen-bond acceptors (Lipinski definition) is 7. The Balaban J connectivity index is 1.59. The van der Waals surface area contributed by atoms with Gasteiger partial charge in [-0.15, -0.1) is 0 Å². The Morgan fingerprint density at radius 2 is 0.691 bits per heavy atom. The Labute approximate surface area is 328 Å². The van der Waals surface area contributed by atoms with Crippen molar-refractivity contribution in [3.63, 3.8) is 0 Å². The molecule has 0 aliphatic rings. The molecule has 0 fully saturated rings. The van der Waals surface area contributed by atoms with Crippen molar-refractivity contribution in [3.05, 3.63) is 122 Å². The zero-order chi connectivity index (χ0) is 40.0. The summed E-state index contributed by atoms with van der Waals surface area (Å²) in [4.78, 5) is 20.6. The van der Waals surface area contributed by atoms with Crippen LogP contribution in [0.4, 0.5) is 22.7 Å². The summed E-state index contributed by atoms with van der Waals surface area (Å²) in [5.41, 5.74) is 20.6. The average molecular weight is 734 g/mol. The molecule has 0 aliphatic carbocycles. The fourth-order valence-corrected chi connectivity index (χ4v) is 8.38. The summed E-state index contributed by atoms with van der Waals surface area (Å²) < 4.78 is 10.9. The zero-order valence-corrected chi connectivity index (χ0v) is 35.3. The van der Waals surface area contributed by atoms with E-state index in [1.807, 2.05) is 24.3 Å². The third-order valence-corrected chi connectivity index (χ3v) is 11.7. The number of ether oxygens (including phenoxy) is 2. The summed E-state index contributed by atoms with van der Waals surface area (Å²) in [6, 6.07) is 20.8. The molecule has 0 saturated carbocycles. The second kappa shape index (κ2) is 15.2. The summed E-state index contributed by atoms with van der Waals surface area (Å²) in [5, 5.41) is 0. The van der Waals surface area contributed by atoms with E-state index in [9.17, 15) is 0 Å². The highest BCUT2D eigenvalue weighted by Gasteiger charge is 2.26. The van der Waals surface area contributed by atoms with E-state index in [1.54, 1.807) is 14.2 Å². The Kier molecular flexibility index (Phi) is 10.8. The monoisotopic (exact) mass is 733 g/mol. The van der Waals surface area contributed by atoms with E-state index in [4.69, 9.17) is 24.4 Å². The van der Waals surface area contributed by atoms with E-state index >= 15 is 0 Å². The van der Waals surface area contributed by atoms with Gasteiger partial charge in [-0.25, -0.2) is 15.0 Å². The van der Waals surface area contributed by atoms with Crippen LogP contribution in [0, 0.1) is 76.2 Å². The lowest BCUT2D eigenvalue weighted by atomic mass is 9.89. The summed E-state index contributed by atoms with van der Waals surface area (Å²) in [6.07, 6.45) is 0. The van der Waals surface area contributed by atoms with E-state index in [0.717, 1.165) is 72.9 Å². The number of benzene rings is 5. The Morgan fingerprint density at radius 3 is 0.982 bits per heavy atom. The molecule has 0 unspecified atom stereocenters. The molecule has 7 nitrogen and oxygen atoms in total. The highest BCUT2D eigenvalue weighted by Crippen LogP contribution is 2.43. The first kappa shape index (κ1) is 39.0. The van der Waals surface area contributed by atoms with Crippen LogP contribution < -0.4 is 19.3 Å². The maximum absolute atomic E-state index is 5.43. The number of anilines is 4. The normalized spacial score (nSPS) is 11.2. The van der Waals surface area contributed by atoms with Crippen LogP contribution in [0.5, 0.6) is 11.5 Å². The summed E-state index contributed by atoms with van der Waals surface area (Å²) in [7, 11) is 7.65. The molecule has 1 aromatic heterocycles. The molecule has 5 aromatic carbocycles. The van der Waals surface area contributed by atoms with Crippen LogP contribution in [-0.2, 0) is 0 Å². The number of aromatic nitrogens is 3. The van der Waals surface area contributed by atoms with Gasteiger partial charge in [-0.2, -0.15) is 0 Å². The van der Waals surface area contributed by atoms with E-state index in [0.29, 0.717) is 17.5 Å². The molecule has 1 heterocycles. The maximum Gasteiger partial charge on any atom is 0.164 e. The van der Waals surface area contributed by atoms with Crippen molar-refractivity contribution >= 4 is 22.7 Å². The minimum Gasteiger partial charge on any atom is -0.497 e.